The van der Waals surface area contributed by atoms with Gasteiger partial charge in [0.05, 0.1) is 55.1 Å². The van der Waals surface area contributed by atoms with Crippen LogP contribution < -0.4 is 10.2 Å². The number of aryl methyl sites for hydroxylation is 1. The van der Waals surface area contributed by atoms with Crippen molar-refractivity contribution in [2.24, 2.45) is 5.92 Å². The summed E-state index contributed by atoms with van der Waals surface area (Å²) in [5.41, 5.74) is 11.1. The zero-order chi connectivity index (χ0) is 44.7. The molecule has 11 rings (SSSR count). The van der Waals surface area contributed by atoms with E-state index < -0.39 is 18.2 Å². The molecule has 8 heterocycles. The van der Waals surface area contributed by atoms with Crippen molar-refractivity contribution < 1.29 is 19.8 Å². The Morgan fingerprint density at radius 3 is 2.46 bits per heavy atom. The lowest BCUT2D eigenvalue weighted by molar-refractivity contribution is -0.142. The van der Waals surface area contributed by atoms with Gasteiger partial charge in [-0.3, -0.25) is 19.4 Å². The zero-order valence-corrected chi connectivity index (χ0v) is 38.3. The van der Waals surface area contributed by atoms with E-state index in [1.54, 1.807) is 22.1 Å². The number of aliphatic hydroxyl groups excluding tert-OH is 1. The molecule has 65 heavy (non-hydrogen) atoms. The van der Waals surface area contributed by atoms with Crippen LogP contribution in [-0.4, -0.2) is 103 Å². The average Bonchev–Trinajstić information content (AvgIpc) is 3.99. The molecular formula is C48H51N11O4S2. The summed E-state index contributed by atoms with van der Waals surface area (Å²) in [6, 6.07) is 18.4. The second-order valence-corrected chi connectivity index (χ2v) is 20.8. The highest BCUT2D eigenvalue weighted by molar-refractivity contribution is 8.08. The van der Waals surface area contributed by atoms with Crippen molar-refractivity contribution in [3.05, 3.63) is 102 Å². The summed E-state index contributed by atoms with van der Waals surface area (Å²) in [6.45, 7) is 9.68. The molecule has 2 amide bonds. The van der Waals surface area contributed by atoms with Crippen molar-refractivity contribution in [3.63, 3.8) is 0 Å². The molecule has 3 saturated heterocycles. The lowest BCUT2D eigenvalue weighted by atomic mass is 10.0. The second-order valence-electron chi connectivity index (χ2n) is 18.5. The molecule has 6 atom stereocenters. The number of nitrogens with one attached hydrogen (secondary N) is 2. The molecule has 4 aliphatic rings. The second kappa shape index (κ2) is 16.1. The summed E-state index contributed by atoms with van der Waals surface area (Å²) in [7, 11) is 0. The Morgan fingerprint density at radius 2 is 1.75 bits per heavy atom. The number of hydrogen-bond donors (Lipinski definition) is 4. The maximum Gasteiger partial charge on any atom is 0.248 e. The highest BCUT2D eigenvalue weighted by atomic mass is 32.2. The number of H-pyrrole nitrogens is 1. The summed E-state index contributed by atoms with van der Waals surface area (Å²) < 4.78 is 4.34. The number of rotatable bonds is 12. The summed E-state index contributed by atoms with van der Waals surface area (Å²) in [5, 5.41) is 37.2. The molecule has 0 bridgehead atoms. The standard InChI is InChI=1S/C48H51N11O4S2/c1-26(2)42(46(63)57-22-33(60)17-40(57)45(62)52-27(3)29-9-11-30(12-10-29)43-28(4)51-25-64-43)58-23-37(55-58)31-20-49-47(50-21-31)56-16-15-48(24-56)44(65-48)39-19-36-38(59(39)32-13-14-32)18-35(53-54-36)34-7-5-6-8-41(34)61/h5-12,18-21,23,25-27,32-33,40,42,44,55,60-61H,13-17,22,24H2,1-4H3,(H,52,62)/t27-,33+,40-,42?,44+,48+/m0/s1. The van der Waals surface area contributed by atoms with Gasteiger partial charge in [0.25, 0.3) is 0 Å². The number of hydrogen-bond acceptors (Lipinski definition) is 12. The van der Waals surface area contributed by atoms with E-state index in [0.717, 1.165) is 76.3 Å². The number of phenolic OH excluding ortho intramolecular Hbond substituents is 1. The van der Waals surface area contributed by atoms with Gasteiger partial charge >= 0.3 is 0 Å². The number of aliphatic hydroxyl groups is 1. The molecule has 3 aliphatic heterocycles. The molecule has 7 aromatic rings. The number of benzene rings is 2. The largest absolute Gasteiger partial charge is 0.507 e. The summed E-state index contributed by atoms with van der Waals surface area (Å²) >= 11 is 3.62. The number of β-amino-alcohol motifs (C(OH)–C–C–N with tert-alkyl or cyclic N) is 1. The van der Waals surface area contributed by atoms with Crippen LogP contribution in [0.25, 0.3) is 44.0 Å². The van der Waals surface area contributed by atoms with E-state index in [1.165, 1.54) is 10.6 Å². The van der Waals surface area contributed by atoms with Crippen molar-refractivity contribution in [1.29, 1.82) is 0 Å². The number of para-hydroxylation sites is 1. The minimum absolute atomic E-state index is 0.0749. The number of thioether (sulfide) groups is 1. The molecule has 4 N–H and O–H groups in total. The number of likely N-dealkylation sites (tertiary alicyclic amines) is 1. The van der Waals surface area contributed by atoms with Crippen LogP contribution in [0.1, 0.15) is 86.8 Å². The van der Waals surface area contributed by atoms with Crippen molar-refractivity contribution in [2.75, 3.05) is 24.5 Å². The smallest absolute Gasteiger partial charge is 0.248 e. The van der Waals surface area contributed by atoms with Crippen LogP contribution in [0.2, 0.25) is 0 Å². The third-order valence-electron chi connectivity index (χ3n) is 13.6. The quantitative estimate of drug-likeness (QED) is 0.0885. The van der Waals surface area contributed by atoms with Gasteiger partial charge in [-0.05, 0) is 74.4 Å². The van der Waals surface area contributed by atoms with Gasteiger partial charge in [0.1, 0.15) is 23.3 Å². The van der Waals surface area contributed by atoms with Gasteiger partial charge in [-0.2, -0.15) is 0 Å². The van der Waals surface area contributed by atoms with E-state index in [4.69, 9.17) is 9.97 Å². The molecule has 1 unspecified atom stereocenters. The molecule has 17 heteroatoms. The first-order valence-corrected chi connectivity index (χ1v) is 24.2. The van der Waals surface area contributed by atoms with Crippen LogP contribution in [0.4, 0.5) is 5.95 Å². The maximum absolute atomic E-state index is 14.3. The molecule has 4 fully saturated rings. The maximum atomic E-state index is 14.3. The number of anilines is 1. The SMILES string of the molecule is Cc1ncsc1-c1ccc([C@H](C)NC(=O)[C@@H]2C[C@@H](O)CN2C(=O)C(C(C)C)n2cc(-c3cnc(N4CC[C@]5(C4)S[C@@H]5c4cc5nnc(-c6ccccc6O)cc5n4C4CC4)nc3)[nH]2)cc1. The Balaban J connectivity index is 0.737. The molecule has 1 saturated carbocycles. The Hall–Kier alpha value is -6.04. The number of thiazole rings is 1. The Labute approximate surface area is 384 Å². The van der Waals surface area contributed by atoms with Gasteiger partial charge < -0.3 is 29.9 Å². The third-order valence-corrected chi connectivity index (χ3v) is 16.3. The Bertz CT molecular complexity index is 2910. The normalized spacial score (nSPS) is 22.6. The molecular weight excluding hydrogens is 859 g/mol. The predicted molar refractivity (Wildman–Crippen MR) is 251 cm³/mol. The average molecular weight is 910 g/mol. The molecule has 2 aromatic carbocycles. The van der Waals surface area contributed by atoms with Crippen LogP contribution in [0.5, 0.6) is 5.75 Å². The van der Waals surface area contributed by atoms with Crippen molar-refractivity contribution in [2.45, 2.75) is 93.6 Å². The fourth-order valence-electron chi connectivity index (χ4n) is 9.90. The topological polar surface area (TPSA) is 183 Å². The Morgan fingerprint density at radius 1 is 0.985 bits per heavy atom. The van der Waals surface area contributed by atoms with Crippen molar-refractivity contribution >= 4 is 51.9 Å². The summed E-state index contributed by atoms with van der Waals surface area (Å²) in [6.07, 6.45) is 8.24. The van der Waals surface area contributed by atoms with Gasteiger partial charge in [0.2, 0.25) is 17.8 Å². The number of aromatic hydroxyl groups is 1. The van der Waals surface area contributed by atoms with E-state index in [0.29, 0.717) is 28.5 Å². The summed E-state index contributed by atoms with van der Waals surface area (Å²) in [5.74, 6) is 0.291. The van der Waals surface area contributed by atoms with Gasteiger partial charge in [-0.1, -0.05) is 50.2 Å². The van der Waals surface area contributed by atoms with Gasteiger partial charge in [0.15, 0.2) is 0 Å². The van der Waals surface area contributed by atoms with Crippen LogP contribution in [-0.2, 0) is 9.59 Å². The predicted octanol–water partition coefficient (Wildman–Crippen LogP) is 7.63. The van der Waals surface area contributed by atoms with Gasteiger partial charge in [-0.25, -0.2) is 15.0 Å². The monoisotopic (exact) mass is 909 g/mol. The fraction of sp³-hybridized carbons (Fsp3) is 0.396. The third kappa shape index (κ3) is 7.56. The number of carbonyl (C=O) groups is 2. The van der Waals surface area contributed by atoms with Crippen LogP contribution in [0, 0.1) is 12.8 Å². The number of carbonyl (C=O) groups excluding carboxylic acids is 2. The van der Waals surface area contributed by atoms with Crippen molar-refractivity contribution in [3.8, 4) is 38.7 Å². The van der Waals surface area contributed by atoms with Crippen LogP contribution >= 0.6 is 23.1 Å². The zero-order valence-electron chi connectivity index (χ0n) is 36.6. The van der Waals surface area contributed by atoms with E-state index in [-0.39, 0.29) is 47.2 Å². The van der Waals surface area contributed by atoms with Crippen LogP contribution in [0.3, 0.4) is 0 Å². The van der Waals surface area contributed by atoms with E-state index >= 15 is 0 Å². The number of amides is 2. The minimum Gasteiger partial charge on any atom is -0.507 e. The molecule has 1 spiro atoms. The Kier molecular flexibility index (Phi) is 10.3. The molecule has 334 valence electrons. The highest BCUT2D eigenvalue weighted by Crippen LogP contribution is 2.69. The van der Waals surface area contributed by atoms with Gasteiger partial charge in [-0.15, -0.1) is 33.3 Å². The first-order chi connectivity index (χ1) is 31.4. The van der Waals surface area contributed by atoms with E-state index in [2.05, 4.69) is 47.2 Å². The highest BCUT2D eigenvalue weighted by Gasteiger charge is 2.61. The molecule has 0 radical (unpaired) electrons. The van der Waals surface area contributed by atoms with Crippen molar-refractivity contribution in [1.82, 2.24) is 49.7 Å². The minimum atomic E-state index is -0.796. The van der Waals surface area contributed by atoms with Gasteiger partial charge in [0, 0.05) is 67.5 Å². The number of phenols is 1. The summed E-state index contributed by atoms with van der Waals surface area (Å²) in [4.78, 5) is 46.9. The number of nitrogens with zero attached hydrogens (tertiary/aromatic N) is 9. The first kappa shape index (κ1) is 41.7. The number of aromatic amines is 1. The molecule has 1 aliphatic carbocycles. The fourth-order valence-corrected chi connectivity index (χ4v) is 12.2. The first-order valence-electron chi connectivity index (χ1n) is 22.4. The molecule has 15 nitrogen and oxygen atoms in total. The number of fused-ring (bicyclic) bond motifs is 1. The number of aromatic nitrogens is 8. The van der Waals surface area contributed by atoms with E-state index in [1.807, 2.05) is 106 Å². The lowest BCUT2D eigenvalue weighted by Crippen LogP contribution is -2.49. The lowest BCUT2D eigenvalue weighted by Gasteiger charge is -2.33. The van der Waals surface area contributed by atoms with Crippen LogP contribution in [0.15, 0.2) is 84.8 Å². The molecule has 5 aromatic heterocycles. The van der Waals surface area contributed by atoms with E-state index in [9.17, 15) is 19.8 Å².